The molecule has 1 saturated carbocycles. The van der Waals surface area contributed by atoms with Crippen LogP contribution in [0.1, 0.15) is 31.7 Å². The molecule has 0 amide bonds. The highest BCUT2D eigenvalue weighted by Crippen LogP contribution is 2.58. The maximum absolute atomic E-state index is 13.4. The van der Waals surface area contributed by atoms with Crippen molar-refractivity contribution in [3.05, 3.63) is 48.1 Å². The van der Waals surface area contributed by atoms with Crippen molar-refractivity contribution in [1.82, 2.24) is 0 Å². The lowest BCUT2D eigenvalue weighted by atomic mass is 9.78. The summed E-state index contributed by atoms with van der Waals surface area (Å²) in [6, 6.07) is 5.64. The second-order valence-corrected chi connectivity index (χ2v) is 7.57. The minimum Gasteiger partial charge on any atom is -0.493 e. The van der Waals surface area contributed by atoms with Crippen LogP contribution in [0.15, 0.2) is 42.5 Å². The van der Waals surface area contributed by atoms with Crippen molar-refractivity contribution in [1.29, 1.82) is 0 Å². The van der Waals surface area contributed by atoms with Gasteiger partial charge in [-0.15, -0.1) is 6.58 Å². The lowest BCUT2D eigenvalue weighted by molar-refractivity contribution is -0.166. The van der Waals surface area contributed by atoms with Gasteiger partial charge in [0.1, 0.15) is 11.7 Å². The Morgan fingerprint density at radius 3 is 2.41 bits per heavy atom. The van der Waals surface area contributed by atoms with Gasteiger partial charge in [0.15, 0.2) is 17.3 Å². The lowest BCUT2D eigenvalue weighted by Crippen LogP contribution is -2.50. The Bertz CT molecular complexity index is 857. The molecule has 2 aliphatic carbocycles. The summed E-state index contributed by atoms with van der Waals surface area (Å²) < 4.78 is 22.5. The molecule has 1 fully saturated rings. The minimum absolute atomic E-state index is 0.0343. The van der Waals surface area contributed by atoms with Gasteiger partial charge in [-0.05, 0) is 35.8 Å². The SMILES string of the molecule is C=CCC1=C[C@@]2(OC)[C@H](C)[C@H](c3ccc(OC)c(OC)c3)[C@H](C1=O)[C@H]2OC(C)=O. The van der Waals surface area contributed by atoms with E-state index in [0.717, 1.165) is 5.56 Å². The van der Waals surface area contributed by atoms with Crippen LogP contribution in [-0.2, 0) is 19.1 Å². The highest BCUT2D eigenvalue weighted by atomic mass is 16.6. The van der Waals surface area contributed by atoms with Gasteiger partial charge < -0.3 is 18.9 Å². The molecule has 3 rings (SSSR count). The Labute approximate surface area is 171 Å². The van der Waals surface area contributed by atoms with Crippen molar-refractivity contribution in [3.8, 4) is 11.5 Å². The predicted molar refractivity (Wildman–Crippen MR) is 108 cm³/mol. The van der Waals surface area contributed by atoms with E-state index in [0.29, 0.717) is 23.5 Å². The number of benzene rings is 1. The molecule has 2 bridgehead atoms. The first-order chi connectivity index (χ1) is 13.8. The number of fused-ring (bicyclic) bond motifs is 2. The van der Waals surface area contributed by atoms with Gasteiger partial charge in [0.05, 0.1) is 20.1 Å². The van der Waals surface area contributed by atoms with Crippen molar-refractivity contribution >= 4 is 11.8 Å². The largest absolute Gasteiger partial charge is 0.493 e. The van der Waals surface area contributed by atoms with Gasteiger partial charge in [0.2, 0.25) is 0 Å². The molecule has 0 aromatic heterocycles. The molecule has 2 aliphatic rings. The number of hydrogen-bond donors (Lipinski definition) is 0. The van der Waals surface area contributed by atoms with Gasteiger partial charge in [-0.3, -0.25) is 9.59 Å². The second kappa shape index (κ2) is 8.03. The Morgan fingerprint density at radius 1 is 1.17 bits per heavy atom. The summed E-state index contributed by atoms with van der Waals surface area (Å²) in [6.45, 7) is 7.15. The van der Waals surface area contributed by atoms with Crippen LogP contribution in [0.5, 0.6) is 11.5 Å². The molecule has 156 valence electrons. The average molecular weight is 400 g/mol. The summed E-state index contributed by atoms with van der Waals surface area (Å²) in [4.78, 5) is 25.3. The third-order valence-electron chi connectivity index (χ3n) is 6.23. The smallest absolute Gasteiger partial charge is 0.303 e. The standard InChI is InChI=1S/C23H28O6/c1-7-8-16-12-23(28-6)13(2)19(20(21(16)25)22(23)29-14(3)24)15-9-10-17(26-4)18(11-15)27-5/h7,9-13,19-20,22H,1,8H2,2-6H3/t13-,19-,20-,22-,23-/m1/s1. The molecule has 6 nitrogen and oxygen atoms in total. The van der Waals surface area contributed by atoms with Gasteiger partial charge in [0, 0.05) is 25.9 Å². The number of ketones is 1. The molecule has 0 spiro atoms. The molecule has 5 atom stereocenters. The number of allylic oxidation sites excluding steroid dienone is 2. The van der Waals surface area contributed by atoms with E-state index in [1.807, 2.05) is 31.2 Å². The zero-order chi connectivity index (χ0) is 21.3. The van der Waals surface area contributed by atoms with Crippen LogP contribution < -0.4 is 9.47 Å². The molecule has 0 heterocycles. The summed E-state index contributed by atoms with van der Waals surface area (Å²) in [7, 11) is 4.75. The van der Waals surface area contributed by atoms with Crippen molar-refractivity contribution in [2.24, 2.45) is 11.8 Å². The number of carbonyl (C=O) groups is 2. The van der Waals surface area contributed by atoms with Crippen LogP contribution in [0.4, 0.5) is 0 Å². The molecule has 0 radical (unpaired) electrons. The third kappa shape index (κ3) is 3.25. The normalized spacial score (nSPS) is 30.5. The van der Waals surface area contributed by atoms with Crippen LogP contribution in [-0.4, -0.2) is 44.8 Å². The third-order valence-corrected chi connectivity index (χ3v) is 6.23. The average Bonchev–Trinajstić information content (AvgIpc) is 2.88. The fraction of sp³-hybridized carbons (Fsp3) is 0.478. The number of hydrogen-bond acceptors (Lipinski definition) is 6. The van der Waals surface area contributed by atoms with E-state index in [9.17, 15) is 9.59 Å². The number of ether oxygens (including phenoxy) is 4. The quantitative estimate of drug-likeness (QED) is 0.516. The van der Waals surface area contributed by atoms with Gasteiger partial charge in [0.25, 0.3) is 0 Å². The highest BCUT2D eigenvalue weighted by Gasteiger charge is 2.65. The van der Waals surface area contributed by atoms with Gasteiger partial charge in [-0.2, -0.15) is 0 Å². The number of esters is 1. The Balaban J connectivity index is 2.17. The second-order valence-electron chi connectivity index (χ2n) is 7.57. The molecule has 0 unspecified atom stereocenters. The molecular formula is C23H28O6. The van der Waals surface area contributed by atoms with Crippen molar-refractivity contribution in [3.63, 3.8) is 0 Å². The fourth-order valence-electron chi connectivity index (χ4n) is 4.97. The van der Waals surface area contributed by atoms with E-state index in [2.05, 4.69) is 6.58 Å². The monoisotopic (exact) mass is 400 g/mol. The summed E-state index contributed by atoms with van der Waals surface area (Å²) in [6.07, 6.45) is 3.29. The molecule has 1 aromatic rings. The zero-order valence-corrected chi connectivity index (χ0v) is 17.6. The zero-order valence-electron chi connectivity index (χ0n) is 17.6. The number of Topliss-reactive ketones (excluding diaryl/α,β-unsaturated/α-hetero) is 1. The molecular weight excluding hydrogens is 372 g/mol. The van der Waals surface area contributed by atoms with E-state index in [1.165, 1.54) is 6.92 Å². The molecule has 6 heteroatoms. The van der Waals surface area contributed by atoms with E-state index < -0.39 is 23.6 Å². The van der Waals surface area contributed by atoms with Gasteiger partial charge in [-0.1, -0.05) is 19.1 Å². The number of rotatable bonds is 7. The predicted octanol–water partition coefficient (Wildman–Crippen LogP) is 3.46. The van der Waals surface area contributed by atoms with Crippen LogP contribution in [0.2, 0.25) is 0 Å². The molecule has 0 saturated heterocycles. The van der Waals surface area contributed by atoms with Crippen LogP contribution in [0.3, 0.4) is 0 Å². The van der Waals surface area contributed by atoms with Crippen molar-refractivity contribution in [2.75, 3.05) is 21.3 Å². The molecule has 0 N–H and O–H groups in total. The Kier molecular flexibility index (Phi) is 5.85. The summed E-state index contributed by atoms with van der Waals surface area (Å²) in [5, 5.41) is 0. The van der Waals surface area contributed by atoms with Gasteiger partial charge >= 0.3 is 5.97 Å². The highest BCUT2D eigenvalue weighted by molar-refractivity contribution is 6.01. The van der Waals surface area contributed by atoms with E-state index in [1.54, 1.807) is 27.4 Å². The van der Waals surface area contributed by atoms with E-state index in [4.69, 9.17) is 18.9 Å². The topological polar surface area (TPSA) is 71.1 Å². The van der Waals surface area contributed by atoms with E-state index in [-0.39, 0.29) is 17.6 Å². The first-order valence-electron chi connectivity index (χ1n) is 9.65. The maximum atomic E-state index is 13.4. The summed E-state index contributed by atoms with van der Waals surface area (Å²) >= 11 is 0. The molecule has 0 aliphatic heterocycles. The van der Waals surface area contributed by atoms with Crippen LogP contribution in [0.25, 0.3) is 0 Å². The summed E-state index contributed by atoms with van der Waals surface area (Å²) in [5.74, 6) is -0.160. The van der Waals surface area contributed by atoms with Crippen LogP contribution in [0, 0.1) is 11.8 Å². The Morgan fingerprint density at radius 2 is 1.86 bits per heavy atom. The maximum Gasteiger partial charge on any atom is 0.303 e. The first-order valence-corrected chi connectivity index (χ1v) is 9.65. The summed E-state index contributed by atoms with van der Waals surface area (Å²) in [5.41, 5.74) is 0.670. The molecule has 29 heavy (non-hydrogen) atoms. The van der Waals surface area contributed by atoms with Crippen molar-refractivity contribution in [2.45, 2.75) is 37.9 Å². The lowest BCUT2D eigenvalue weighted by Gasteiger charge is -2.38. The molecule has 1 aromatic carbocycles. The fourth-order valence-corrected chi connectivity index (χ4v) is 4.97. The minimum atomic E-state index is -0.888. The number of carbonyl (C=O) groups excluding carboxylic acids is 2. The van der Waals surface area contributed by atoms with Gasteiger partial charge in [-0.25, -0.2) is 0 Å². The van der Waals surface area contributed by atoms with Crippen LogP contribution >= 0.6 is 0 Å². The first kappa shape index (κ1) is 21.1. The van der Waals surface area contributed by atoms with Crippen molar-refractivity contribution < 1.29 is 28.5 Å². The number of methoxy groups -OCH3 is 3. The van der Waals surface area contributed by atoms with E-state index >= 15 is 0 Å². The Hall–Kier alpha value is -2.60.